The number of pyridine rings is 2. The average Bonchev–Trinajstić information content (AvgIpc) is 3.85. The minimum atomic E-state index is -3.85. The van der Waals surface area contributed by atoms with Crippen molar-refractivity contribution in [1.29, 1.82) is 0 Å². The molecule has 4 aromatic heterocycles. The van der Waals surface area contributed by atoms with Crippen LogP contribution in [0.15, 0.2) is 81.3 Å². The van der Waals surface area contributed by atoms with Crippen molar-refractivity contribution in [2.45, 2.75) is 108 Å². The van der Waals surface area contributed by atoms with Gasteiger partial charge in [0.25, 0.3) is 20.0 Å². The molecule has 366 valence electrons. The number of nitrogens with one attached hydrogen (secondary N) is 1. The minimum absolute atomic E-state index is 0.0367. The summed E-state index contributed by atoms with van der Waals surface area (Å²) >= 11 is 9.18. The maximum absolute atomic E-state index is 13.3. The van der Waals surface area contributed by atoms with E-state index in [2.05, 4.69) is 81.9 Å². The third kappa shape index (κ3) is 11.3. The normalized spacial score (nSPS) is 15.6. The standard InChI is InChI=1S/C25H33N5O4S.C23H28BrClN4O3S/c1-17(31)27-23-9-7-20(15-26-23)35(32,33)29(5)19-6-8-22-21(14-19)28-24(25(2,3)4)30(22)16-18-10-12-34-13-11-18;1-23(2,3)22-27-19-11-16(5-6-20(19)29(22)14-15-7-9-32-10-8-15)28(4)33(30,31)17-12-18(24)21(25)26-13-17/h6-9,14-15,18H,10-13,16H2,1-5H3,(H,26,27,31);5-6,11-13,15H,7-10,14H2,1-4H3. The Balaban J connectivity index is 0.000000202. The molecule has 0 saturated carbocycles. The molecule has 2 aromatic carbocycles. The summed E-state index contributed by atoms with van der Waals surface area (Å²) in [6, 6.07) is 15.6. The van der Waals surface area contributed by atoms with Gasteiger partial charge in [-0.05, 0) is 108 Å². The zero-order chi connectivity index (χ0) is 49.3. The van der Waals surface area contributed by atoms with Gasteiger partial charge in [0.15, 0.2) is 0 Å². The van der Waals surface area contributed by atoms with E-state index in [1.807, 2.05) is 36.4 Å². The number of fused-ring (bicyclic) bond motifs is 2. The van der Waals surface area contributed by atoms with Crippen molar-refractivity contribution in [2.24, 2.45) is 11.8 Å². The molecule has 0 aliphatic carbocycles. The van der Waals surface area contributed by atoms with Crippen LogP contribution in [0, 0.1) is 11.8 Å². The first-order valence-electron chi connectivity index (χ1n) is 22.6. The van der Waals surface area contributed by atoms with Crippen molar-refractivity contribution in [3.05, 3.63) is 88.3 Å². The van der Waals surface area contributed by atoms with Crippen LogP contribution < -0.4 is 13.9 Å². The number of aromatic nitrogens is 6. The molecule has 8 rings (SSSR count). The first-order valence-corrected chi connectivity index (χ1v) is 26.7. The zero-order valence-electron chi connectivity index (χ0n) is 40.1. The molecule has 2 saturated heterocycles. The fourth-order valence-electron chi connectivity index (χ4n) is 8.44. The average molecular weight is 1060 g/mol. The third-order valence-corrected chi connectivity index (χ3v) is 16.9. The van der Waals surface area contributed by atoms with Gasteiger partial charge in [-0.3, -0.25) is 13.4 Å². The lowest BCUT2D eigenvalue weighted by Crippen LogP contribution is -2.26. The maximum atomic E-state index is 13.3. The number of sulfonamides is 2. The number of rotatable bonds is 11. The monoisotopic (exact) mass is 1050 g/mol. The van der Waals surface area contributed by atoms with Gasteiger partial charge in [0.2, 0.25) is 5.91 Å². The van der Waals surface area contributed by atoms with Gasteiger partial charge < -0.3 is 23.9 Å². The fourth-order valence-corrected chi connectivity index (χ4v) is 11.3. The van der Waals surface area contributed by atoms with Gasteiger partial charge in [0, 0.05) is 83.8 Å². The Kier molecular flexibility index (Phi) is 15.3. The van der Waals surface area contributed by atoms with E-state index >= 15 is 0 Å². The fraction of sp³-hybridized carbons (Fsp3) is 0.479. The van der Waals surface area contributed by atoms with Gasteiger partial charge in [-0.25, -0.2) is 36.8 Å². The summed E-state index contributed by atoms with van der Waals surface area (Å²) in [5, 5.41) is 2.75. The summed E-state index contributed by atoms with van der Waals surface area (Å²) in [6.07, 6.45) is 6.63. The molecular formula is C48H61BrClN9O7S2. The second-order valence-corrected chi connectivity index (χ2v) is 24.6. The van der Waals surface area contributed by atoms with E-state index in [1.54, 1.807) is 0 Å². The first kappa shape index (κ1) is 51.2. The molecule has 0 unspecified atom stereocenters. The Morgan fingerprint density at radius 3 is 1.54 bits per heavy atom. The molecule has 0 bridgehead atoms. The molecule has 1 amide bonds. The van der Waals surface area contributed by atoms with Crippen molar-refractivity contribution < 1.29 is 31.1 Å². The van der Waals surface area contributed by atoms with Gasteiger partial charge in [-0.15, -0.1) is 0 Å². The number of carbonyl (C=O) groups excluding carboxylic acids is 1. The molecule has 16 nitrogen and oxygen atoms in total. The molecule has 20 heteroatoms. The number of benzene rings is 2. The Hall–Kier alpha value is -4.66. The Morgan fingerprint density at radius 2 is 1.15 bits per heavy atom. The predicted molar refractivity (Wildman–Crippen MR) is 271 cm³/mol. The van der Waals surface area contributed by atoms with Crippen molar-refractivity contribution in [3.8, 4) is 0 Å². The molecule has 0 atom stereocenters. The number of amides is 1. The number of hydrogen-bond acceptors (Lipinski definition) is 11. The third-order valence-electron chi connectivity index (χ3n) is 12.2. The lowest BCUT2D eigenvalue weighted by molar-refractivity contribution is -0.114. The highest BCUT2D eigenvalue weighted by Crippen LogP contribution is 2.35. The molecule has 6 aromatic rings. The molecule has 2 fully saturated rings. The van der Waals surface area contributed by atoms with E-state index in [9.17, 15) is 21.6 Å². The molecule has 6 heterocycles. The van der Waals surface area contributed by atoms with E-state index in [0.29, 0.717) is 33.5 Å². The van der Waals surface area contributed by atoms with Crippen LogP contribution in [-0.2, 0) is 58.2 Å². The van der Waals surface area contributed by atoms with Gasteiger partial charge in [-0.1, -0.05) is 53.1 Å². The maximum Gasteiger partial charge on any atom is 0.265 e. The highest BCUT2D eigenvalue weighted by atomic mass is 79.9. The van der Waals surface area contributed by atoms with E-state index in [1.165, 1.54) is 60.2 Å². The van der Waals surface area contributed by atoms with Crippen LogP contribution in [0.25, 0.3) is 22.1 Å². The highest BCUT2D eigenvalue weighted by Gasteiger charge is 2.30. The lowest BCUT2D eigenvalue weighted by atomic mass is 9.94. The summed E-state index contributed by atoms with van der Waals surface area (Å²) in [5.41, 5.74) is 4.29. The van der Waals surface area contributed by atoms with Crippen molar-refractivity contribution in [2.75, 3.05) is 54.5 Å². The number of imidazole rings is 2. The van der Waals surface area contributed by atoms with Crippen molar-refractivity contribution in [3.63, 3.8) is 0 Å². The van der Waals surface area contributed by atoms with Crippen LogP contribution in [0.1, 0.15) is 85.8 Å². The number of hydrogen-bond donors (Lipinski definition) is 1. The molecule has 0 radical (unpaired) electrons. The first-order chi connectivity index (χ1) is 31.9. The summed E-state index contributed by atoms with van der Waals surface area (Å²) in [7, 11) is -4.63. The van der Waals surface area contributed by atoms with Crippen LogP contribution in [0.2, 0.25) is 5.15 Å². The second kappa shape index (κ2) is 20.4. The quantitative estimate of drug-likeness (QED) is 0.122. The lowest BCUT2D eigenvalue weighted by Gasteiger charge is -2.26. The largest absolute Gasteiger partial charge is 0.381 e. The topological polar surface area (TPSA) is 184 Å². The minimum Gasteiger partial charge on any atom is -0.381 e. The number of carbonyl (C=O) groups is 1. The highest BCUT2D eigenvalue weighted by molar-refractivity contribution is 9.10. The molecule has 1 N–H and O–H groups in total. The summed E-state index contributed by atoms with van der Waals surface area (Å²) in [4.78, 5) is 29.2. The SMILES string of the molecule is CC(=O)Nc1ccc(S(=O)(=O)N(C)c2ccc3c(c2)nc(C(C)(C)C)n3CC2CCOCC2)cn1.CN(c1ccc2c(c1)nc(C(C)(C)C)n2CC1CCOCC1)S(=O)(=O)c1cnc(Cl)c(Br)c1. The van der Waals surface area contributed by atoms with Gasteiger partial charge in [-0.2, -0.15) is 0 Å². The smallest absolute Gasteiger partial charge is 0.265 e. The molecule has 2 aliphatic rings. The summed E-state index contributed by atoms with van der Waals surface area (Å²) in [6.45, 7) is 19.2. The van der Waals surface area contributed by atoms with Crippen molar-refractivity contribution >= 4 is 92.7 Å². The Labute approximate surface area is 413 Å². The zero-order valence-corrected chi connectivity index (χ0v) is 44.1. The van der Waals surface area contributed by atoms with Crippen LogP contribution in [0.3, 0.4) is 0 Å². The number of halogens is 2. The number of anilines is 3. The number of nitrogens with zero attached hydrogens (tertiary/aromatic N) is 8. The van der Waals surface area contributed by atoms with Crippen LogP contribution >= 0.6 is 27.5 Å². The Bertz CT molecular complexity index is 3010. The van der Waals surface area contributed by atoms with E-state index in [4.69, 9.17) is 31.0 Å². The van der Waals surface area contributed by atoms with Gasteiger partial charge in [0.1, 0.15) is 32.4 Å². The van der Waals surface area contributed by atoms with Crippen LogP contribution in [-0.4, -0.2) is 92.3 Å². The van der Waals surface area contributed by atoms with Crippen molar-refractivity contribution in [1.82, 2.24) is 29.1 Å². The van der Waals surface area contributed by atoms with Crippen LogP contribution in [0.5, 0.6) is 0 Å². The Morgan fingerprint density at radius 1 is 0.706 bits per heavy atom. The van der Waals surface area contributed by atoms with Gasteiger partial charge >= 0.3 is 0 Å². The number of ether oxygens (including phenoxy) is 2. The molecule has 0 spiro atoms. The summed E-state index contributed by atoms with van der Waals surface area (Å²) in [5.74, 6) is 3.07. The predicted octanol–water partition coefficient (Wildman–Crippen LogP) is 9.34. The molecule has 2 aliphatic heterocycles. The molecule has 68 heavy (non-hydrogen) atoms. The van der Waals surface area contributed by atoms with E-state index < -0.39 is 20.0 Å². The van der Waals surface area contributed by atoms with E-state index in [0.717, 1.165) is 98.9 Å². The second-order valence-electron chi connectivity index (χ2n) is 19.5. The molecular weight excluding hydrogens is 994 g/mol. The van der Waals surface area contributed by atoms with E-state index in [-0.39, 0.29) is 31.7 Å². The van der Waals surface area contributed by atoms with Crippen LogP contribution in [0.4, 0.5) is 17.2 Å². The summed E-state index contributed by atoms with van der Waals surface area (Å²) < 4.78 is 71.5. The van der Waals surface area contributed by atoms with Gasteiger partial charge in [0.05, 0.1) is 37.9 Å².